The van der Waals surface area contributed by atoms with Crippen molar-refractivity contribution in [1.29, 1.82) is 0 Å². The van der Waals surface area contributed by atoms with Crippen molar-refractivity contribution in [2.45, 2.75) is 33.1 Å². The SMILES string of the molecule is CC(C)(CNC(=O)C1CCc2ccccc2C1)C(=O)O. The van der Waals surface area contributed by atoms with Crippen LogP contribution in [0.15, 0.2) is 24.3 Å². The molecule has 1 aromatic carbocycles. The molecule has 0 aromatic heterocycles. The topological polar surface area (TPSA) is 66.4 Å². The number of carboxylic acids is 1. The van der Waals surface area contributed by atoms with Gasteiger partial charge in [-0.15, -0.1) is 0 Å². The molecule has 2 N–H and O–H groups in total. The molecule has 1 aromatic rings. The number of amides is 1. The van der Waals surface area contributed by atoms with Gasteiger partial charge in [0.05, 0.1) is 5.41 Å². The normalized spacial score (nSPS) is 18.2. The molecule has 20 heavy (non-hydrogen) atoms. The van der Waals surface area contributed by atoms with Gasteiger partial charge in [0.15, 0.2) is 0 Å². The Labute approximate surface area is 119 Å². The molecule has 4 heteroatoms. The zero-order valence-electron chi connectivity index (χ0n) is 12.0. The minimum Gasteiger partial charge on any atom is -0.481 e. The van der Waals surface area contributed by atoms with Crippen molar-refractivity contribution in [3.63, 3.8) is 0 Å². The Hall–Kier alpha value is -1.84. The lowest BCUT2D eigenvalue weighted by molar-refractivity contribution is -0.146. The van der Waals surface area contributed by atoms with E-state index in [9.17, 15) is 9.59 Å². The highest BCUT2D eigenvalue weighted by Gasteiger charge is 2.30. The van der Waals surface area contributed by atoms with Crippen molar-refractivity contribution in [3.05, 3.63) is 35.4 Å². The predicted octanol–water partition coefficient (Wildman–Crippen LogP) is 2.02. The van der Waals surface area contributed by atoms with Gasteiger partial charge in [0.2, 0.25) is 5.91 Å². The van der Waals surface area contributed by atoms with E-state index in [1.54, 1.807) is 13.8 Å². The first kappa shape index (κ1) is 14.6. The third-order valence-electron chi connectivity index (χ3n) is 4.00. The molecule has 4 nitrogen and oxygen atoms in total. The van der Waals surface area contributed by atoms with E-state index in [1.807, 2.05) is 12.1 Å². The largest absolute Gasteiger partial charge is 0.481 e. The number of carbonyl (C=O) groups excluding carboxylic acids is 1. The Morgan fingerprint density at radius 3 is 2.60 bits per heavy atom. The summed E-state index contributed by atoms with van der Waals surface area (Å²) in [6.45, 7) is 3.40. The molecule has 0 aliphatic heterocycles. The van der Waals surface area contributed by atoms with E-state index in [0.29, 0.717) is 0 Å². The fraction of sp³-hybridized carbons (Fsp3) is 0.500. The van der Waals surface area contributed by atoms with Crippen LogP contribution in [0.4, 0.5) is 0 Å². The summed E-state index contributed by atoms with van der Waals surface area (Å²) in [5, 5.41) is 11.8. The predicted molar refractivity (Wildman–Crippen MR) is 76.4 cm³/mol. The molecular weight excluding hydrogens is 254 g/mol. The Morgan fingerprint density at radius 2 is 1.95 bits per heavy atom. The highest BCUT2D eigenvalue weighted by Crippen LogP contribution is 2.25. The number of hydrogen-bond donors (Lipinski definition) is 2. The third-order valence-corrected chi connectivity index (χ3v) is 4.00. The van der Waals surface area contributed by atoms with Gasteiger partial charge >= 0.3 is 5.97 Å². The molecule has 2 rings (SSSR count). The zero-order valence-corrected chi connectivity index (χ0v) is 12.0. The van der Waals surface area contributed by atoms with E-state index >= 15 is 0 Å². The first-order valence-electron chi connectivity index (χ1n) is 6.98. The molecule has 0 heterocycles. The number of aliphatic carboxylic acids is 1. The smallest absolute Gasteiger partial charge is 0.310 e. The number of hydrogen-bond acceptors (Lipinski definition) is 2. The molecular formula is C16H21NO3. The van der Waals surface area contributed by atoms with Crippen LogP contribution < -0.4 is 5.32 Å². The van der Waals surface area contributed by atoms with E-state index in [1.165, 1.54) is 11.1 Å². The highest BCUT2D eigenvalue weighted by atomic mass is 16.4. The van der Waals surface area contributed by atoms with Gasteiger partial charge in [0.25, 0.3) is 0 Å². The molecule has 0 radical (unpaired) electrons. The monoisotopic (exact) mass is 275 g/mol. The van der Waals surface area contributed by atoms with E-state index < -0.39 is 11.4 Å². The Morgan fingerprint density at radius 1 is 1.30 bits per heavy atom. The molecule has 0 saturated carbocycles. The van der Waals surface area contributed by atoms with Gasteiger partial charge in [0, 0.05) is 12.5 Å². The van der Waals surface area contributed by atoms with Gasteiger partial charge < -0.3 is 10.4 Å². The summed E-state index contributed by atoms with van der Waals surface area (Å²) in [6, 6.07) is 8.19. The van der Waals surface area contributed by atoms with E-state index in [-0.39, 0.29) is 18.4 Å². The molecule has 108 valence electrons. The number of fused-ring (bicyclic) bond motifs is 1. The standard InChI is InChI=1S/C16H21NO3/c1-16(2,15(19)20)10-17-14(18)13-8-7-11-5-3-4-6-12(11)9-13/h3-6,13H,7-10H2,1-2H3,(H,17,18)(H,19,20). The minimum absolute atomic E-state index is 0.0335. The van der Waals surface area contributed by atoms with Gasteiger partial charge in [-0.1, -0.05) is 24.3 Å². The van der Waals surface area contributed by atoms with Crippen LogP contribution in [0.1, 0.15) is 31.4 Å². The first-order valence-corrected chi connectivity index (χ1v) is 6.98. The van der Waals surface area contributed by atoms with Crippen LogP contribution in [0.25, 0.3) is 0 Å². The second-order valence-electron chi connectivity index (χ2n) is 6.12. The molecule has 0 spiro atoms. The minimum atomic E-state index is -0.928. The summed E-state index contributed by atoms with van der Waals surface area (Å²) in [5.41, 5.74) is 1.63. The summed E-state index contributed by atoms with van der Waals surface area (Å²) < 4.78 is 0. The maximum Gasteiger partial charge on any atom is 0.310 e. The number of rotatable bonds is 4. The van der Waals surface area contributed by atoms with Gasteiger partial charge in [0.1, 0.15) is 0 Å². The van der Waals surface area contributed by atoms with E-state index in [0.717, 1.165) is 19.3 Å². The summed E-state index contributed by atoms with van der Waals surface area (Å²) in [5.74, 6) is -0.977. The second-order valence-corrected chi connectivity index (χ2v) is 6.12. The fourth-order valence-corrected chi connectivity index (χ4v) is 2.45. The lowest BCUT2D eigenvalue weighted by atomic mass is 9.83. The lowest BCUT2D eigenvalue weighted by Crippen LogP contribution is -2.42. The Bertz CT molecular complexity index is 522. The summed E-state index contributed by atoms with van der Waals surface area (Å²) in [6.07, 6.45) is 2.49. The second kappa shape index (κ2) is 5.65. The van der Waals surface area contributed by atoms with Crippen molar-refractivity contribution in [2.24, 2.45) is 11.3 Å². The average molecular weight is 275 g/mol. The number of carbonyl (C=O) groups is 2. The van der Waals surface area contributed by atoms with Crippen molar-refractivity contribution >= 4 is 11.9 Å². The van der Waals surface area contributed by atoms with E-state index in [4.69, 9.17) is 5.11 Å². The van der Waals surface area contributed by atoms with E-state index in [2.05, 4.69) is 17.4 Å². The lowest BCUT2D eigenvalue weighted by Gasteiger charge is -2.26. The van der Waals surface area contributed by atoms with Crippen LogP contribution in [0.2, 0.25) is 0 Å². The van der Waals surface area contributed by atoms with Crippen molar-refractivity contribution in [3.8, 4) is 0 Å². The molecule has 1 atom stereocenters. The molecule has 1 amide bonds. The zero-order chi connectivity index (χ0) is 14.8. The van der Waals surface area contributed by atoms with Crippen LogP contribution in [0.5, 0.6) is 0 Å². The summed E-state index contributed by atoms with van der Waals surface area (Å²) in [7, 11) is 0. The van der Waals surface area contributed by atoms with Crippen molar-refractivity contribution < 1.29 is 14.7 Å². The van der Waals surface area contributed by atoms with Crippen LogP contribution in [-0.2, 0) is 22.4 Å². The fourth-order valence-electron chi connectivity index (χ4n) is 2.45. The van der Waals surface area contributed by atoms with Crippen molar-refractivity contribution in [1.82, 2.24) is 5.32 Å². The van der Waals surface area contributed by atoms with Gasteiger partial charge in [-0.05, 0) is 44.2 Å². The number of benzene rings is 1. The maximum atomic E-state index is 12.2. The average Bonchev–Trinajstić information content (AvgIpc) is 2.44. The molecule has 0 bridgehead atoms. The van der Waals surface area contributed by atoms with Crippen LogP contribution >= 0.6 is 0 Å². The highest BCUT2D eigenvalue weighted by molar-refractivity contribution is 5.81. The summed E-state index contributed by atoms with van der Waals surface area (Å²) >= 11 is 0. The van der Waals surface area contributed by atoms with Gasteiger partial charge in [-0.25, -0.2) is 0 Å². The maximum absolute atomic E-state index is 12.2. The number of carboxylic acid groups (broad SMARTS) is 1. The summed E-state index contributed by atoms with van der Waals surface area (Å²) in [4.78, 5) is 23.2. The number of aryl methyl sites for hydroxylation is 1. The van der Waals surface area contributed by atoms with Gasteiger partial charge in [-0.3, -0.25) is 9.59 Å². The molecule has 0 saturated heterocycles. The van der Waals surface area contributed by atoms with Crippen LogP contribution in [0, 0.1) is 11.3 Å². The Balaban J connectivity index is 1.94. The van der Waals surface area contributed by atoms with Gasteiger partial charge in [-0.2, -0.15) is 0 Å². The molecule has 1 aliphatic carbocycles. The third kappa shape index (κ3) is 3.18. The molecule has 1 unspecified atom stereocenters. The van der Waals surface area contributed by atoms with Crippen molar-refractivity contribution in [2.75, 3.05) is 6.54 Å². The van der Waals surface area contributed by atoms with Crippen LogP contribution in [0.3, 0.4) is 0 Å². The van der Waals surface area contributed by atoms with Crippen LogP contribution in [-0.4, -0.2) is 23.5 Å². The number of nitrogens with one attached hydrogen (secondary N) is 1. The quantitative estimate of drug-likeness (QED) is 0.883. The first-order chi connectivity index (χ1) is 9.40. The Kier molecular flexibility index (Phi) is 4.12. The molecule has 0 fully saturated rings. The molecule has 1 aliphatic rings.